The van der Waals surface area contributed by atoms with Crippen LogP contribution >= 0.6 is 0 Å². The molecule has 0 radical (unpaired) electrons. The van der Waals surface area contributed by atoms with E-state index in [1.165, 1.54) is 30.9 Å². The lowest BCUT2D eigenvalue weighted by Crippen LogP contribution is -2.37. The molecule has 0 amide bonds. The molecular weight excluding hydrogens is 364 g/mol. The zero-order valence-corrected chi connectivity index (χ0v) is 16.3. The first-order valence-electron chi connectivity index (χ1n) is 8.86. The Kier molecular flexibility index (Phi) is 5.94. The molecule has 1 aliphatic rings. The third-order valence-corrected chi connectivity index (χ3v) is 6.41. The average molecular weight is 388 g/mol. The molecule has 6 nitrogen and oxygen atoms in total. The van der Waals surface area contributed by atoms with Gasteiger partial charge in [0.15, 0.2) is 0 Å². The maximum atomic E-state index is 12.8. The molecule has 0 saturated carbocycles. The molecule has 0 aliphatic carbocycles. The van der Waals surface area contributed by atoms with Crippen molar-refractivity contribution >= 4 is 16.0 Å². The molecule has 1 saturated heterocycles. The number of sulfonamides is 1. The Morgan fingerprint density at radius 3 is 2.63 bits per heavy atom. The van der Waals surface area contributed by atoms with E-state index in [1.54, 1.807) is 6.92 Å². The normalized spacial score (nSPS) is 17.8. The zero-order valence-electron chi connectivity index (χ0n) is 15.5. The molecule has 27 heavy (non-hydrogen) atoms. The van der Waals surface area contributed by atoms with Gasteiger partial charge in [-0.05, 0) is 42.7 Å². The van der Waals surface area contributed by atoms with Crippen LogP contribution in [-0.4, -0.2) is 45.5 Å². The van der Waals surface area contributed by atoms with Crippen LogP contribution in [0.1, 0.15) is 27.9 Å². The van der Waals surface area contributed by atoms with Gasteiger partial charge in [-0.2, -0.15) is 0 Å². The first-order chi connectivity index (χ1) is 12.9. The highest BCUT2D eigenvalue weighted by atomic mass is 32.2. The van der Waals surface area contributed by atoms with Crippen LogP contribution in [0.3, 0.4) is 0 Å². The highest BCUT2D eigenvalue weighted by Gasteiger charge is 2.28. The van der Waals surface area contributed by atoms with Crippen molar-refractivity contribution in [3.05, 3.63) is 65.2 Å². The maximum Gasteiger partial charge on any atom is 0.337 e. The topological polar surface area (TPSA) is 75.7 Å². The van der Waals surface area contributed by atoms with Crippen LogP contribution < -0.4 is 4.72 Å². The van der Waals surface area contributed by atoms with E-state index in [9.17, 15) is 13.2 Å². The van der Waals surface area contributed by atoms with Gasteiger partial charge < -0.3 is 4.74 Å². The van der Waals surface area contributed by atoms with Crippen molar-refractivity contribution in [2.75, 3.05) is 20.2 Å². The summed E-state index contributed by atoms with van der Waals surface area (Å²) >= 11 is 0. The van der Waals surface area contributed by atoms with Crippen molar-refractivity contribution < 1.29 is 17.9 Å². The molecule has 7 heteroatoms. The van der Waals surface area contributed by atoms with Gasteiger partial charge in [0.25, 0.3) is 0 Å². The lowest BCUT2D eigenvalue weighted by molar-refractivity contribution is 0.0600. The first-order valence-corrected chi connectivity index (χ1v) is 10.3. The molecule has 1 heterocycles. The van der Waals surface area contributed by atoms with Crippen molar-refractivity contribution in [2.45, 2.75) is 30.8 Å². The largest absolute Gasteiger partial charge is 0.465 e. The number of carbonyl (C=O) groups excluding carboxylic acids is 1. The van der Waals surface area contributed by atoms with Crippen LogP contribution in [0.5, 0.6) is 0 Å². The number of aryl methyl sites for hydroxylation is 1. The third-order valence-electron chi connectivity index (χ3n) is 4.73. The number of methoxy groups -OCH3 is 1. The Morgan fingerprint density at radius 1 is 1.22 bits per heavy atom. The monoisotopic (exact) mass is 388 g/mol. The van der Waals surface area contributed by atoms with Crippen molar-refractivity contribution in [2.24, 2.45) is 0 Å². The molecule has 0 aromatic heterocycles. The number of hydrogen-bond donors (Lipinski definition) is 1. The number of ether oxygens (including phenoxy) is 1. The summed E-state index contributed by atoms with van der Waals surface area (Å²) in [6.45, 7) is 4.01. The van der Waals surface area contributed by atoms with E-state index in [0.29, 0.717) is 17.7 Å². The molecule has 2 aromatic carbocycles. The highest BCUT2D eigenvalue weighted by molar-refractivity contribution is 7.89. The fraction of sp³-hybridized carbons (Fsp3) is 0.350. The van der Waals surface area contributed by atoms with Crippen molar-refractivity contribution in [1.82, 2.24) is 9.62 Å². The molecular formula is C20H24N2O4S. The molecule has 1 N–H and O–H groups in total. The van der Waals surface area contributed by atoms with Gasteiger partial charge in [0.05, 0.1) is 17.6 Å². The minimum atomic E-state index is -3.65. The second-order valence-electron chi connectivity index (χ2n) is 6.80. The number of benzene rings is 2. The van der Waals surface area contributed by atoms with E-state index < -0.39 is 16.0 Å². The minimum absolute atomic E-state index is 0.126. The van der Waals surface area contributed by atoms with Gasteiger partial charge in [-0.25, -0.2) is 17.9 Å². The minimum Gasteiger partial charge on any atom is -0.465 e. The van der Waals surface area contributed by atoms with Crippen LogP contribution in [0.15, 0.2) is 53.4 Å². The summed E-state index contributed by atoms with van der Waals surface area (Å²) < 4.78 is 33.0. The SMILES string of the molecule is COC(=O)c1ccc(S(=O)(=O)NC2CCN(Cc3ccccc3)C2)c(C)c1. The van der Waals surface area contributed by atoms with Crippen molar-refractivity contribution in [3.8, 4) is 0 Å². The number of esters is 1. The zero-order chi connectivity index (χ0) is 19.4. The second-order valence-corrected chi connectivity index (χ2v) is 8.48. The van der Waals surface area contributed by atoms with Gasteiger partial charge in [0.1, 0.15) is 0 Å². The van der Waals surface area contributed by atoms with Gasteiger partial charge in [0.2, 0.25) is 10.0 Å². The summed E-state index contributed by atoms with van der Waals surface area (Å²) in [5.74, 6) is -0.484. The van der Waals surface area contributed by atoms with Crippen LogP contribution in [0.2, 0.25) is 0 Å². The van der Waals surface area contributed by atoms with E-state index >= 15 is 0 Å². The van der Waals surface area contributed by atoms with Crippen molar-refractivity contribution in [1.29, 1.82) is 0 Å². The number of rotatable bonds is 6. The summed E-state index contributed by atoms with van der Waals surface area (Å²) in [7, 11) is -2.35. The third kappa shape index (κ3) is 4.74. The summed E-state index contributed by atoms with van der Waals surface area (Å²) in [6.07, 6.45) is 0.769. The van der Waals surface area contributed by atoms with E-state index in [4.69, 9.17) is 0 Å². The number of nitrogens with one attached hydrogen (secondary N) is 1. The molecule has 144 valence electrons. The molecule has 1 atom stereocenters. The Morgan fingerprint density at radius 2 is 1.96 bits per heavy atom. The Balaban J connectivity index is 1.66. The summed E-state index contributed by atoms with van der Waals surface area (Å²) in [6, 6.07) is 14.5. The molecule has 3 rings (SSSR count). The maximum absolute atomic E-state index is 12.8. The number of hydrogen-bond acceptors (Lipinski definition) is 5. The fourth-order valence-electron chi connectivity index (χ4n) is 3.39. The molecule has 1 aliphatic heterocycles. The summed E-state index contributed by atoms with van der Waals surface area (Å²) in [5, 5.41) is 0. The smallest absolute Gasteiger partial charge is 0.337 e. The fourth-order valence-corrected chi connectivity index (χ4v) is 4.88. The van der Waals surface area contributed by atoms with Gasteiger partial charge in [0, 0.05) is 25.7 Å². The van der Waals surface area contributed by atoms with Gasteiger partial charge >= 0.3 is 5.97 Å². The highest BCUT2D eigenvalue weighted by Crippen LogP contribution is 2.20. The molecule has 0 bridgehead atoms. The second kappa shape index (κ2) is 8.21. The van der Waals surface area contributed by atoms with E-state index in [1.807, 2.05) is 18.2 Å². The summed E-state index contributed by atoms with van der Waals surface area (Å²) in [4.78, 5) is 14.0. The molecule has 0 spiro atoms. The number of carbonyl (C=O) groups is 1. The van der Waals surface area contributed by atoms with E-state index in [2.05, 4.69) is 26.5 Å². The van der Waals surface area contributed by atoms with Gasteiger partial charge in [-0.1, -0.05) is 30.3 Å². The Hall–Kier alpha value is -2.22. The van der Waals surface area contributed by atoms with Crippen LogP contribution in [0.4, 0.5) is 0 Å². The standard InChI is InChI=1S/C20H24N2O4S/c1-15-12-17(20(23)26-2)8-9-19(15)27(24,25)21-18-10-11-22(14-18)13-16-6-4-3-5-7-16/h3-9,12,18,21H,10-11,13-14H2,1-2H3. The number of nitrogens with zero attached hydrogens (tertiary/aromatic N) is 1. The van der Waals surface area contributed by atoms with E-state index in [-0.39, 0.29) is 10.9 Å². The lowest BCUT2D eigenvalue weighted by Gasteiger charge is -2.17. The predicted molar refractivity (Wildman–Crippen MR) is 103 cm³/mol. The van der Waals surface area contributed by atoms with E-state index in [0.717, 1.165) is 19.5 Å². The average Bonchev–Trinajstić information content (AvgIpc) is 3.07. The van der Waals surface area contributed by atoms with Crippen LogP contribution in [0, 0.1) is 6.92 Å². The lowest BCUT2D eigenvalue weighted by atomic mass is 10.1. The number of likely N-dealkylation sites (tertiary alicyclic amines) is 1. The van der Waals surface area contributed by atoms with Crippen LogP contribution in [0.25, 0.3) is 0 Å². The van der Waals surface area contributed by atoms with Crippen molar-refractivity contribution in [3.63, 3.8) is 0 Å². The molecule has 2 aromatic rings. The van der Waals surface area contributed by atoms with Crippen LogP contribution in [-0.2, 0) is 21.3 Å². The molecule has 1 fully saturated rings. The Labute approximate surface area is 160 Å². The van der Waals surface area contributed by atoms with Gasteiger partial charge in [-0.15, -0.1) is 0 Å². The first kappa shape index (κ1) is 19.5. The molecule has 1 unspecified atom stereocenters. The quantitative estimate of drug-likeness (QED) is 0.769. The van der Waals surface area contributed by atoms with Gasteiger partial charge in [-0.3, -0.25) is 4.90 Å². The summed E-state index contributed by atoms with van der Waals surface area (Å²) in [5.41, 5.74) is 2.07. The Bertz CT molecular complexity index is 913. The predicted octanol–water partition coefficient (Wildman–Crippen LogP) is 2.33.